The minimum atomic E-state index is -0.488. The topological polar surface area (TPSA) is 58.2 Å². The number of hydrogen-bond donors (Lipinski definition) is 2. The van der Waals surface area contributed by atoms with Crippen molar-refractivity contribution in [3.63, 3.8) is 0 Å². The second kappa shape index (κ2) is 10.6. The number of carbonyl (C=O) groups is 2. The Morgan fingerprint density at radius 1 is 1.23 bits per heavy atom. The van der Waals surface area contributed by atoms with Crippen LogP contribution in [0.3, 0.4) is 0 Å². The van der Waals surface area contributed by atoms with E-state index in [1.165, 1.54) is 18.2 Å². The first-order valence-corrected chi connectivity index (χ1v) is 10.6. The molecule has 1 aliphatic carbocycles. The van der Waals surface area contributed by atoms with Gasteiger partial charge in [0.05, 0.1) is 10.9 Å². The molecule has 2 N–H and O–H groups in total. The van der Waals surface area contributed by atoms with E-state index in [9.17, 15) is 14.0 Å². The van der Waals surface area contributed by atoms with Crippen molar-refractivity contribution in [3.8, 4) is 0 Å². The quantitative estimate of drug-likeness (QED) is 0.609. The van der Waals surface area contributed by atoms with Crippen LogP contribution in [-0.2, 0) is 9.59 Å². The Morgan fingerprint density at radius 3 is 2.65 bits per heavy atom. The van der Waals surface area contributed by atoms with Crippen molar-refractivity contribution in [2.24, 2.45) is 5.92 Å². The Kier molecular flexibility index (Phi) is 8.42. The van der Waals surface area contributed by atoms with Gasteiger partial charge in [0, 0.05) is 11.6 Å². The van der Waals surface area contributed by atoms with E-state index in [-0.39, 0.29) is 28.7 Å². The highest BCUT2D eigenvalue weighted by Gasteiger charge is 2.22. The van der Waals surface area contributed by atoms with Gasteiger partial charge < -0.3 is 10.6 Å². The number of carbonyl (C=O) groups excluding carboxylic acids is 2. The lowest BCUT2D eigenvalue weighted by Crippen LogP contribution is -2.25. The molecule has 144 valence electrons. The summed E-state index contributed by atoms with van der Waals surface area (Å²) in [6.07, 6.45) is 7.15. The summed E-state index contributed by atoms with van der Waals surface area (Å²) in [4.78, 5) is 24.6. The molecule has 0 aromatic heterocycles. The number of hydrogen-bond acceptors (Lipinski definition) is 3. The largest absolute Gasteiger partial charge is 0.325 e. The van der Waals surface area contributed by atoms with Gasteiger partial charge in [-0.2, -0.15) is 0 Å². The van der Waals surface area contributed by atoms with Gasteiger partial charge in [-0.3, -0.25) is 9.59 Å². The molecule has 0 radical (unpaired) electrons. The molecule has 0 aliphatic heterocycles. The van der Waals surface area contributed by atoms with Crippen molar-refractivity contribution in [1.29, 1.82) is 0 Å². The molecule has 4 nitrogen and oxygen atoms in total. The van der Waals surface area contributed by atoms with E-state index in [2.05, 4.69) is 17.6 Å². The first-order valence-electron chi connectivity index (χ1n) is 9.54. The summed E-state index contributed by atoms with van der Waals surface area (Å²) in [6, 6.07) is 4.30. The van der Waals surface area contributed by atoms with Crippen LogP contribution in [0.1, 0.15) is 58.8 Å². The van der Waals surface area contributed by atoms with E-state index in [1.807, 2.05) is 6.92 Å². The molecule has 1 unspecified atom stereocenters. The molecule has 2 amide bonds. The van der Waals surface area contributed by atoms with Crippen LogP contribution in [0, 0.1) is 11.7 Å². The number of unbranched alkanes of at least 4 members (excludes halogenated alkanes) is 1. The lowest BCUT2D eigenvalue weighted by atomic mass is 9.88. The summed E-state index contributed by atoms with van der Waals surface area (Å²) in [5, 5.41) is 5.33. The first-order chi connectivity index (χ1) is 12.5. The van der Waals surface area contributed by atoms with Crippen LogP contribution in [0.2, 0.25) is 0 Å². The highest BCUT2D eigenvalue weighted by atomic mass is 32.2. The fraction of sp³-hybridized carbons (Fsp3) is 0.600. The van der Waals surface area contributed by atoms with Crippen molar-refractivity contribution in [2.45, 2.75) is 64.0 Å². The number of rotatable bonds is 8. The minimum absolute atomic E-state index is 0.0450. The van der Waals surface area contributed by atoms with Gasteiger partial charge in [0.25, 0.3) is 0 Å². The van der Waals surface area contributed by atoms with E-state index in [0.29, 0.717) is 5.69 Å². The molecule has 1 atom stereocenters. The van der Waals surface area contributed by atoms with Gasteiger partial charge in [-0.25, -0.2) is 4.39 Å². The maximum atomic E-state index is 14.1. The number of nitrogens with one attached hydrogen (secondary N) is 2. The van der Waals surface area contributed by atoms with Crippen molar-refractivity contribution >= 4 is 35.0 Å². The molecule has 1 aromatic rings. The van der Waals surface area contributed by atoms with Crippen LogP contribution in [-0.4, -0.2) is 22.8 Å². The van der Waals surface area contributed by atoms with Crippen LogP contribution in [0.5, 0.6) is 0 Å². The van der Waals surface area contributed by atoms with Crippen LogP contribution in [0.15, 0.2) is 18.2 Å². The Hall–Kier alpha value is -1.56. The lowest BCUT2D eigenvalue weighted by Gasteiger charge is -2.21. The Balaban J connectivity index is 1.95. The van der Waals surface area contributed by atoms with Gasteiger partial charge in [-0.1, -0.05) is 32.6 Å². The monoisotopic (exact) mass is 380 g/mol. The number of halogens is 1. The van der Waals surface area contributed by atoms with Gasteiger partial charge >= 0.3 is 0 Å². The molecule has 0 spiro atoms. The zero-order chi connectivity index (χ0) is 18.9. The van der Waals surface area contributed by atoms with Crippen LogP contribution >= 0.6 is 11.8 Å². The summed E-state index contributed by atoms with van der Waals surface area (Å²) in [6.45, 7) is 3.98. The highest BCUT2D eigenvalue weighted by molar-refractivity contribution is 8.00. The van der Waals surface area contributed by atoms with Gasteiger partial charge in [-0.05, 0) is 50.1 Å². The van der Waals surface area contributed by atoms with E-state index in [4.69, 9.17) is 0 Å². The molecule has 0 bridgehead atoms. The molecule has 1 aromatic carbocycles. The SMILES string of the molecule is CCCCSC(C)C(=O)Nc1ccc(F)c(NC(=O)C2CCCCC2)c1. The molecule has 1 saturated carbocycles. The lowest BCUT2D eigenvalue weighted by molar-refractivity contribution is -0.120. The first kappa shape index (κ1) is 20.7. The average molecular weight is 381 g/mol. The van der Waals surface area contributed by atoms with Gasteiger partial charge in [0.15, 0.2) is 0 Å². The molecular weight excluding hydrogens is 351 g/mol. The van der Waals surface area contributed by atoms with Crippen LogP contribution < -0.4 is 10.6 Å². The zero-order valence-electron chi connectivity index (χ0n) is 15.6. The third kappa shape index (κ3) is 6.31. The summed E-state index contributed by atoms with van der Waals surface area (Å²) in [5.41, 5.74) is 0.628. The minimum Gasteiger partial charge on any atom is -0.325 e. The third-order valence-electron chi connectivity index (χ3n) is 4.70. The number of thioether (sulfide) groups is 1. The third-order valence-corrected chi connectivity index (χ3v) is 5.94. The maximum absolute atomic E-state index is 14.1. The molecule has 1 aliphatic rings. The predicted octanol–water partition coefficient (Wildman–Crippen LogP) is 5.20. The molecular formula is C20H29FN2O2S. The van der Waals surface area contributed by atoms with Crippen LogP contribution in [0.4, 0.5) is 15.8 Å². The van der Waals surface area contributed by atoms with Crippen molar-refractivity contribution < 1.29 is 14.0 Å². The summed E-state index contributed by atoms with van der Waals surface area (Å²) in [5.74, 6) is 0.170. The second-order valence-electron chi connectivity index (χ2n) is 6.87. The number of benzene rings is 1. The van der Waals surface area contributed by atoms with E-state index < -0.39 is 5.82 Å². The molecule has 6 heteroatoms. The second-order valence-corrected chi connectivity index (χ2v) is 8.32. The Morgan fingerprint density at radius 2 is 1.96 bits per heavy atom. The van der Waals surface area contributed by atoms with Crippen molar-refractivity contribution in [3.05, 3.63) is 24.0 Å². The maximum Gasteiger partial charge on any atom is 0.237 e. The summed E-state index contributed by atoms with van der Waals surface area (Å²) in [7, 11) is 0. The summed E-state index contributed by atoms with van der Waals surface area (Å²) >= 11 is 1.61. The highest BCUT2D eigenvalue weighted by Crippen LogP contribution is 2.27. The Bertz CT molecular complexity index is 618. The van der Waals surface area contributed by atoms with E-state index in [0.717, 1.165) is 50.7 Å². The Labute approximate surface area is 159 Å². The smallest absolute Gasteiger partial charge is 0.237 e. The number of anilines is 2. The standard InChI is InChI=1S/C20H29FN2O2S/c1-3-4-12-26-14(2)19(24)22-16-10-11-17(21)18(13-16)23-20(25)15-8-6-5-7-9-15/h10-11,13-15H,3-9,12H2,1-2H3,(H,22,24)(H,23,25). The molecule has 0 saturated heterocycles. The van der Waals surface area contributed by atoms with Crippen molar-refractivity contribution in [2.75, 3.05) is 16.4 Å². The number of amides is 2. The van der Waals surface area contributed by atoms with Gasteiger partial charge in [-0.15, -0.1) is 11.8 Å². The van der Waals surface area contributed by atoms with Gasteiger partial charge in [0.2, 0.25) is 11.8 Å². The average Bonchev–Trinajstić information content (AvgIpc) is 2.65. The fourth-order valence-electron chi connectivity index (χ4n) is 3.02. The predicted molar refractivity (Wildman–Crippen MR) is 107 cm³/mol. The van der Waals surface area contributed by atoms with Gasteiger partial charge in [0.1, 0.15) is 5.82 Å². The molecule has 0 heterocycles. The zero-order valence-corrected chi connectivity index (χ0v) is 16.5. The molecule has 26 heavy (non-hydrogen) atoms. The summed E-state index contributed by atoms with van der Waals surface area (Å²) < 4.78 is 14.1. The normalized spacial score (nSPS) is 16.1. The molecule has 1 fully saturated rings. The van der Waals surface area contributed by atoms with E-state index >= 15 is 0 Å². The van der Waals surface area contributed by atoms with E-state index in [1.54, 1.807) is 11.8 Å². The van der Waals surface area contributed by atoms with Crippen LogP contribution in [0.25, 0.3) is 0 Å². The molecule has 2 rings (SSSR count). The fourth-order valence-corrected chi connectivity index (χ4v) is 4.04. The van der Waals surface area contributed by atoms with Crippen molar-refractivity contribution in [1.82, 2.24) is 0 Å².